The van der Waals surface area contributed by atoms with Crippen LogP contribution in [0.15, 0.2) is 15.0 Å². The van der Waals surface area contributed by atoms with Crippen LogP contribution >= 0.6 is 15.9 Å². The maximum Gasteiger partial charge on any atom is 0.221 e. The quantitative estimate of drug-likeness (QED) is 0.874. The SMILES string of the molecule is CC(=O)Nc1cc2oc(C)nc2c(C)c1Br. The normalized spacial score (nSPS) is 10.8. The van der Waals surface area contributed by atoms with E-state index in [2.05, 4.69) is 26.2 Å². The molecular formula is C11H11BrN2O2. The molecule has 1 N–H and O–H groups in total. The van der Waals surface area contributed by atoms with Crippen LogP contribution in [0.2, 0.25) is 0 Å². The zero-order valence-corrected chi connectivity index (χ0v) is 10.8. The molecule has 5 heteroatoms. The van der Waals surface area contributed by atoms with E-state index < -0.39 is 0 Å². The molecular weight excluding hydrogens is 272 g/mol. The van der Waals surface area contributed by atoms with Gasteiger partial charge in [-0.2, -0.15) is 0 Å². The summed E-state index contributed by atoms with van der Waals surface area (Å²) in [6.45, 7) is 5.20. The third-order valence-electron chi connectivity index (χ3n) is 2.27. The zero-order chi connectivity index (χ0) is 11.9. The van der Waals surface area contributed by atoms with Gasteiger partial charge in [0.15, 0.2) is 11.5 Å². The molecule has 1 heterocycles. The summed E-state index contributed by atoms with van der Waals surface area (Å²) in [7, 11) is 0. The molecule has 0 aliphatic rings. The summed E-state index contributed by atoms with van der Waals surface area (Å²) in [4.78, 5) is 15.3. The van der Waals surface area contributed by atoms with Gasteiger partial charge in [-0.15, -0.1) is 0 Å². The monoisotopic (exact) mass is 282 g/mol. The molecule has 0 unspecified atom stereocenters. The van der Waals surface area contributed by atoms with Crippen molar-refractivity contribution in [2.75, 3.05) is 5.32 Å². The Balaban J connectivity index is 2.67. The van der Waals surface area contributed by atoms with Crippen molar-refractivity contribution in [1.29, 1.82) is 0 Å². The molecule has 4 nitrogen and oxygen atoms in total. The van der Waals surface area contributed by atoms with E-state index in [1.54, 1.807) is 13.0 Å². The van der Waals surface area contributed by atoms with Crippen molar-refractivity contribution in [2.24, 2.45) is 0 Å². The van der Waals surface area contributed by atoms with E-state index in [0.29, 0.717) is 17.2 Å². The Labute approximate surface area is 101 Å². The molecule has 1 amide bonds. The molecule has 0 saturated heterocycles. The summed E-state index contributed by atoms with van der Waals surface area (Å²) in [5.41, 5.74) is 3.16. The number of nitrogens with one attached hydrogen (secondary N) is 1. The highest BCUT2D eigenvalue weighted by Gasteiger charge is 2.13. The van der Waals surface area contributed by atoms with Gasteiger partial charge in [-0.1, -0.05) is 0 Å². The minimum absolute atomic E-state index is 0.115. The Morgan fingerprint density at radius 3 is 2.81 bits per heavy atom. The standard InChI is InChI=1S/C11H11BrN2O2/c1-5-10(12)8(13-6(2)15)4-9-11(5)14-7(3)16-9/h4H,1-3H3,(H,13,15). The largest absolute Gasteiger partial charge is 0.441 e. The van der Waals surface area contributed by atoms with Gasteiger partial charge in [-0.05, 0) is 28.4 Å². The average Bonchev–Trinajstić information content (AvgIpc) is 2.54. The lowest BCUT2D eigenvalue weighted by Crippen LogP contribution is -2.06. The maximum atomic E-state index is 11.0. The Morgan fingerprint density at radius 1 is 1.50 bits per heavy atom. The van der Waals surface area contributed by atoms with Gasteiger partial charge in [0, 0.05) is 24.4 Å². The second kappa shape index (κ2) is 3.90. The van der Waals surface area contributed by atoms with Crippen molar-refractivity contribution in [2.45, 2.75) is 20.8 Å². The topological polar surface area (TPSA) is 55.1 Å². The Kier molecular flexibility index (Phi) is 2.71. The fraction of sp³-hybridized carbons (Fsp3) is 0.273. The van der Waals surface area contributed by atoms with Gasteiger partial charge >= 0.3 is 0 Å². The number of hydrogen-bond donors (Lipinski definition) is 1. The number of fused-ring (bicyclic) bond motifs is 1. The number of halogens is 1. The minimum Gasteiger partial charge on any atom is -0.441 e. The van der Waals surface area contributed by atoms with Gasteiger partial charge in [0.25, 0.3) is 0 Å². The number of nitrogens with zero attached hydrogens (tertiary/aromatic N) is 1. The van der Waals surface area contributed by atoms with Crippen LogP contribution in [0.4, 0.5) is 5.69 Å². The summed E-state index contributed by atoms with van der Waals surface area (Å²) in [5, 5.41) is 2.74. The van der Waals surface area contributed by atoms with Crippen LogP contribution in [0, 0.1) is 13.8 Å². The number of amides is 1. The lowest BCUT2D eigenvalue weighted by molar-refractivity contribution is -0.114. The van der Waals surface area contributed by atoms with Crippen LogP contribution in [-0.4, -0.2) is 10.9 Å². The van der Waals surface area contributed by atoms with Crippen molar-refractivity contribution in [3.63, 3.8) is 0 Å². The van der Waals surface area contributed by atoms with E-state index in [1.165, 1.54) is 6.92 Å². The van der Waals surface area contributed by atoms with Gasteiger partial charge in [-0.3, -0.25) is 4.79 Å². The molecule has 0 bridgehead atoms. The van der Waals surface area contributed by atoms with Gasteiger partial charge < -0.3 is 9.73 Å². The zero-order valence-electron chi connectivity index (χ0n) is 9.22. The minimum atomic E-state index is -0.115. The molecule has 1 aromatic carbocycles. The Bertz CT molecular complexity index is 575. The Hall–Kier alpha value is -1.36. The summed E-state index contributed by atoms with van der Waals surface area (Å²) >= 11 is 3.44. The predicted octanol–water partition coefficient (Wildman–Crippen LogP) is 3.17. The molecule has 16 heavy (non-hydrogen) atoms. The first kappa shape index (κ1) is 11.1. The smallest absolute Gasteiger partial charge is 0.221 e. The van der Waals surface area contributed by atoms with Gasteiger partial charge in [0.1, 0.15) is 5.52 Å². The van der Waals surface area contributed by atoms with Crippen LogP contribution in [0.1, 0.15) is 18.4 Å². The second-order valence-electron chi connectivity index (χ2n) is 3.62. The molecule has 0 fully saturated rings. The number of aromatic nitrogens is 1. The predicted molar refractivity (Wildman–Crippen MR) is 65.5 cm³/mol. The average molecular weight is 283 g/mol. The fourth-order valence-corrected chi connectivity index (χ4v) is 1.99. The van der Waals surface area contributed by atoms with Gasteiger partial charge in [0.05, 0.1) is 5.69 Å². The number of hydrogen-bond acceptors (Lipinski definition) is 3. The number of anilines is 1. The van der Waals surface area contributed by atoms with Crippen molar-refractivity contribution < 1.29 is 9.21 Å². The first-order chi connectivity index (χ1) is 7.49. The number of rotatable bonds is 1. The number of carbonyl (C=O) groups excluding carboxylic acids is 1. The van der Waals surface area contributed by atoms with Gasteiger partial charge in [0.2, 0.25) is 5.91 Å². The van der Waals surface area contributed by atoms with Crippen LogP contribution in [0.5, 0.6) is 0 Å². The van der Waals surface area contributed by atoms with E-state index in [-0.39, 0.29) is 5.91 Å². The highest BCUT2D eigenvalue weighted by atomic mass is 79.9. The second-order valence-corrected chi connectivity index (χ2v) is 4.42. The van der Waals surface area contributed by atoms with Crippen molar-refractivity contribution in [1.82, 2.24) is 4.98 Å². The van der Waals surface area contributed by atoms with E-state index in [9.17, 15) is 4.79 Å². The fourth-order valence-electron chi connectivity index (χ4n) is 1.59. The molecule has 1 aromatic heterocycles. The number of carbonyl (C=O) groups is 1. The first-order valence-electron chi connectivity index (χ1n) is 4.83. The molecule has 0 radical (unpaired) electrons. The highest BCUT2D eigenvalue weighted by Crippen LogP contribution is 2.33. The van der Waals surface area contributed by atoms with E-state index in [1.807, 2.05) is 6.92 Å². The maximum absolute atomic E-state index is 11.0. The summed E-state index contributed by atoms with van der Waals surface area (Å²) in [6, 6.07) is 1.77. The lowest BCUT2D eigenvalue weighted by Gasteiger charge is -2.07. The lowest BCUT2D eigenvalue weighted by atomic mass is 10.2. The number of benzene rings is 1. The summed E-state index contributed by atoms with van der Waals surface area (Å²) in [5.74, 6) is 0.501. The van der Waals surface area contributed by atoms with E-state index in [4.69, 9.17) is 4.42 Å². The summed E-state index contributed by atoms with van der Waals surface area (Å²) < 4.78 is 6.28. The highest BCUT2D eigenvalue weighted by molar-refractivity contribution is 9.10. The van der Waals surface area contributed by atoms with E-state index in [0.717, 1.165) is 15.6 Å². The molecule has 0 aliphatic carbocycles. The Morgan fingerprint density at radius 2 is 2.19 bits per heavy atom. The molecule has 0 atom stereocenters. The van der Waals surface area contributed by atoms with Crippen LogP contribution < -0.4 is 5.32 Å². The van der Waals surface area contributed by atoms with Crippen molar-refractivity contribution in [3.8, 4) is 0 Å². The first-order valence-corrected chi connectivity index (χ1v) is 5.62. The third-order valence-corrected chi connectivity index (χ3v) is 3.29. The van der Waals surface area contributed by atoms with Crippen LogP contribution in [-0.2, 0) is 4.79 Å². The van der Waals surface area contributed by atoms with Crippen LogP contribution in [0.25, 0.3) is 11.1 Å². The van der Waals surface area contributed by atoms with Crippen molar-refractivity contribution >= 4 is 38.6 Å². The van der Waals surface area contributed by atoms with Crippen molar-refractivity contribution in [3.05, 3.63) is 22.0 Å². The molecule has 0 aliphatic heterocycles. The molecule has 0 saturated carbocycles. The molecule has 0 spiro atoms. The van der Waals surface area contributed by atoms with Gasteiger partial charge in [-0.25, -0.2) is 4.98 Å². The molecule has 84 valence electrons. The number of aryl methyl sites for hydroxylation is 2. The summed E-state index contributed by atoms with van der Waals surface area (Å²) in [6.07, 6.45) is 0. The third kappa shape index (κ3) is 1.82. The number of oxazole rings is 1. The van der Waals surface area contributed by atoms with Crippen LogP contribution in [0.3, 0.4) is 0 Å². The van der Waals surface area contributed by atoms with E-state index >= 15 is 0 Å². The molecule has 2 rings (SSSR count). The molecule has 2 aromatic rings.